The zero-order chi connectivity index (χ0) is 49.6. The summed E-state index contributed by atoms with van der Waals surface area (Å²) in [6, 6.07) is -0.998. The van der Waals surface area contributed by atoms with E-state index in [1.54, 1.807) is 6.08 Å². The van der Waals surface area contributed by atoms with Gasteiger partial charge in [0.25, 0.3) is 0 Å². The molecule has 8 atom stereocenters. The number of amides is 1. The molecule has 0 spiro atoms. The lowest BCUT2D eigenvalue weighted by molar-refractivity contribution is -0.302. The third-order valence-electron chi connectivity index (χ3n) is 13.5. The molecule has 0 aliphatic carbocycles. The van der Waals surface area contributed by atoms with E-state index in [9.17, 15) is 35.4 Å². The minimum absolute atomic E-state index is 0.301. The Labute approximate surface area is 416 Å². The van der Waals surface area contributed by atoms with Crippen LogP contribution in [-0.4, -0.2) is 98.7 Å². The summed E-state index contributed by atoms with van der Waals surface area (Å²) in [4.78, 5) is 13.1. The highest BCUT2D eigenvalue weighted by Gasteiger charge is 2.44. The molecule has 10 heteroatoms. The molecule has 0 saturated carbocycles. The number of carbonyl (C=O) groups excluding carboxylic acids is 1. The van der Waals surface area contributed by atoms with Crippen LogP contribution >= 0.6 is 0 Å². The van der Waals surface area contributed by atoms with Gasteiger partial charge in [0.05, 0.1) is 25.4 Å². The third-order valence-corrected chi connectivity index (χ3v) is 13.5. The molecule has 0 aromatic rings. The van der Waals surface area contributed by atoms with E-state index in [0.29, 0.717) is 19.3 Å². The zero-order valence-corrected chi connectivity index (χ0v) is 43.7. The number of ether oxygens (including phenoxy) is 2. The van der Waals surface area contributed by atoms with Crippen molar-refractivity contribution in [3.63, 3.8) is 0 Å². The summed E-state index contributed by atoms with van der Waals surface area (Å²) in [5.74, 6) is -0.627. The average molecular weight is 962 g/mol. The largest absolute Gasteiger partial charge is 0.394 e. The normalized spacial score (nSPS) is 20.4. The van der Waals surface area contributed by atoms with Crippen LogP contribution in [0.2, 0.25) is 0 Å². The fraction of sp³-hybridized carbons (Fsp3) is 0.845. The third kappa shape index (κ3) is 36.1. The van der Waals surface area contributed by atoms with Crippen LogP contribution < -0.4 is 5.32 Å². The molecule has 7 N–H and O–H groups in total. The Kier molecular flexibility index (Phi) is 44.7. The van der Waals surface area contributed by atoms with Gasteiger partial charge in [-0.05, 0) is 64.2 Å². The van der Waals surface area contributed by atoms with Crippen LogP contribution in [-0.2, 0) is 14.3 Å². The van der Waals surface area contributed by atoms with Crippen LogP contribution in [0, 0.1) is 0 Å². The molecule has 0 aromatic heterocycles. The molecular formula is C58H107NO9. The number of rotatable bonds is 48. The minimum Gasteiger partial charge on any atom is -0.394 e. The summed E-state index contributed by atoms with van der Waals surface area (Å²) in [6.07, 6.45) is 52.2. The number of hydrogen-bond donors (Lipinski definition) is 7. The van der Waals surface area contributed by atoms with E-state index in [-0.39, 0.29) is 6.61 Å². The Morgan fingerprint density at radius 3 is 1.37 bits per heavy atom. The summed E-state index contributed by atoms with van der Waals surface area (Å²) < 4.78 is 11.2. The molecule has 1 fully saturated rings. The van der Waals surface area contributed by atoms with Crippen molar-refractivity contribution in [1.29, 1.82) is 0 Å². The number of carbonyl (C=O) groups is 1. The van der Waals surface area contributed by atoms with Crippen molar-refractivity contribution in [2.75, 3.05) is 13.2 Å². The zero-order valence-electron chi connectivity index (χ0n) is 43.7. The molecule has 1 rings (SSSR count). The predicted molar refractivity (Wildman–Crippen MR) is 282 cm³/mol. The van der Waals surface area contributed by atoms with Gasteiger partial charge in [0.1, 0.15) is 30.5 Å². The standard InChI is InChI=1S/C58H107NO9/c1-3-5-7-9-11-13-15-17-19-20-21-22-23-24-25-26-27-28-29-30-31-33-35-37-39-41-43-45-47-52(62)57(66)59-50(49-67-58-56(65)55(64)54(63)53(48-60)68-58)51(61)46-44-42-40-38-36-34-32-18-16-14-12-10-8-6-4-2/h21-22,24-25,36,38,44,46,50-56,58,60-65H,3-20,23,26-35,37,39-43,45,47-49H2,1-2H3,(H,59,66)/b22-21-,25-24-,38-36+,46-44+. The van der Waals surface area contributed by atoms with Gasteiger partial charge in [-0.25, -0.2) is 0 Å². The summed E-state index contributed by atoms with van der Waals surface area (Å²) >= 11 is 0. The smallest absolute Gasteiger partial charge is 0.249 e. The first-order valence-electron chi connectivity index (χ1n) is 28.5. The van der Waals surface area contributed by atoms with E-state index in [2.05, 4.69) is 55.6 Å². The molecule has 1 saturated heterocycles. The van der Waals surface area contributed by atoms with Crippen molar-refractivity contribution in [3.05, 3.63) is 48.6 Å². The second kappa shape index (κ2) is 47.4. The van der Waals surface area contributed by atoms with Gasteiger partial charge >= 0.3 is 0 Å². The Balaban J connectivity index is 2.25. The summed E-state index contributed by atoms with van der Waals surface area (Å²) in [5, 5.41) is 64.9. The average Bonchev–Trinajstić information content (AvgIpc) is 3.34. The number of unbranched alkanes of at least 4 members (excludes halogenated alkanes) is 31. The Morgan fingerprint density at radius 2 is 0.912 bits per heavy atom. The first kappa shape index (κ1) is 64.1. The Bertz CT molecular complexity index is 1220. The van der Waals surface area contributed by atoms with Gasteiger partial charge in [-0.15, -0.1) is 0 Å². The van der Waals surface area contributed by atoms with Crippen LogP contribution in [0.15, 0.2) is 48.6 Å². The van der Waals surface area contributed by atoms with E-state index in [1.165, 1.54) is 180 Å². The topological polar surface area (TPSA) is 169 Å². The number of hydrogen-bond acceptors (Lipinski definition) is 9. The first-order valence-corrected chi connectivity index (χ1v) is 28.5. The number of nitrogens with one attached hydrogen (secondary N) is 1. The fourth-order valence-corrected chi connectivity index (χ4v) is 8.86. The van der Waals surface area contributed by atoms with E-state index in [0.717, 1.165) is 38.5 Å². The summed E-state index contributed by atoms with van der Waals surface area (Å²) in [7, 11) is 0. The monoisotopic (exact) mass is 962 g/mol. The van der Waals surface area contributed by atoms with E-state index < -0.39 is 61.5 Å². The van der Waals surface area contributed by atoms with Gasteiger partial charge in [0, 0.05) is 0 Å². The van der Waals surface area contributed by atoms with Crippen molar-refractivity contribution in [2.45, 2.75) is 300 Å². The van der Waals surface area contributed by atoms with Gasteiger partial charge in [0.15, 0.2) is 6.29 Å². The number of aliphatic hydroxyl groups is 6. The summed E-state index contributed by atoms with van der Waals surface area (Å²) in [6.45, 7) is 3.60. The molecule has 10 nitrogen and oxygen atoms in total. The van der Waals surface area contributed by atoms with Crippen LogP contribution in [0.3, 0.4) is 0 Å². The molecule has 1 heterocycles. The quantitative estimate of drug-likeness (QED) is 0.0232. The predicted octanol–water partition coefficient (Wildman–Crippen LogP) is 12.7. The van der Waals surface area contributed by atoms with Crippen LogP contribution in [0.5, 0.6) is 0 Å². The Hall–Kier alpha value is -1.89. The maximum atomic E-state index is 13.1. The highest BCUT2D eigenvalue weighted by atomic mass is 16.7. The van der Waals surface area contributed by atoms with Gasteiger partial charge < -0.3 is 45.4 Å². The molecule has 1 aliphatic rings. The molecule has 8 unspecified atom stereocenters. The van der Waals surface area contributed by atoms with Crippen molar-refractivity contribution in [1.82, 2.24) is 5.32 Å². The molecule has 0 aromatic carbocycles. The van der Waals surface area contributed by atoms with Crippen LogP contribution in [0.4, 0.5) is 0 Å². The molecule has 0 radical (unpaired) electrons. The van der Waals surface area contributed by atoms with Gasteiger partial charge in [0.2, 0.25) is 5.91 Å². The lowest BCUT2D eigenvalue weighted by atomic mass is 9.99. The number of aliphatic hydroxyl groups excluding tert-OH is 6. The van der Waals surface area contributed by atoms with E-state index in [4.69, 9.17) is 9.47 Å². The van der Waals surface area contributed by atoms with Crippen molar-refractivity contribution < 1.29 is 44.9 Å². The molecule has 1 aliphatic heterocycles. The van der Waals surface area contributed by atoms with E-state index in [1.807, 2.05) is 6.08 Å². The fourth-order valence-electron chi connectivity index (χ4n) is 8.86. The lowest BCUT2D eigenvalue weighted by Crippen LogP contribution is -2.60. The molecule has 398 valence electrons. The van der Waals surface area contributed by atoms with Crippen LogP contribution in [0.25, 0.3) is 0 Å². The highest BCUT2D eigenvalue weighted by Crippen LogP contribution is 2.23. The Morgan fingerprint density at radius 1 is 0.515 bits per heavy atom. The lowest BCUT2D eigenvalue weighted by Gasteiger charge is -2.40. The molecule has 1 amide bonds. The first-order chi connectivity index (χ1) is 33.3. The highest BCUT2D eigenvalue weighted by molar-refractivity contribution is 5.80. The summed E-state index contributed by atoms with van der Waals surface area (Å²) in [5.41, 5.74) is 0. The van der Waals surface area contributed by atoms with Gasteiger partial charge in [-0.1, -0.05) is 236 Å². The van der Waals surface area contributed by atoms with Gasteiger partial charge in [-0.2, -0.15) is 0 Å². The van der Waals surface area contributed by atoms with E-state index >= 15 is 0 Å². The minimum atomic E-state index is -1.62. The SMILES string of the molecule is CCCCCCCCCCC/C=C\C/C=C\CCCCCCCCCCCCCCC(O)C(=O)NC(COC1OC(CO)C(O)C(O)C1O)C(O)/C=C/CC/C=C/CCCCCCCCCCC. The van der Waals surface area contributed by atoms with Crippen molar-refractivity contribution >= 4 is 5.91 Å². The second-order valence-electron chi connectivity index (χ2n) is 19.9. The second-order valence-corrected chi connectivity index (χ2v) is 19.9. The molecular weight excluding hydrogens is 855 g/mol. The molecule has 0 bridgehead atoms. The molecule has 68 heavy (non-hydrogen) atoms. The van der Waals surface area contributed by atoms with Crippen molar-refractivity contribution in [3.8, 4) is 0 Å². The maximum Gasteiger partial charge on any atom is 0.249 e. The van der Waals surface area contributed by atoms with Crippen LogP contribution in [0.1, 0.15) is 251 Å². The van der Waals surface area contributed by atoms with Crippen molar-refractivity contribution in [2.24, 2.45) is 0 Å². The number of allylic oxidation sites excluding steroid dienone is 7. The maximum absolute atomic E-state index is 13.1. The van der Waals surface area contributed by atoms with Gasteiger partial charge in [-0.3, -0.25) is 4.79 Å².